The Balaban J connectivity index is 0.000000325. The fourth-order valence-electron chi connectivity index (χ4n) is 4.63. The lowest BCUT2D eigenvalue weighted by Gasteiger charge is -2.20. The zero-order chi connectivity index (χ0) is 25.9. The molecule has 2 heterocycles. The molecule has 1 aromatic carbocycles. The molecule has 3 atom stereocenters. The number of nitrogens with zero attached hydrogens (tertiary/aromatic N) is 4. The minimum absolute atomic E-state index is 0.114. The Kier molecular flexibility index (Phi) is 7.54. The van der Waals surface area contributed by atoms with E-state index in [0.29, 0.717) is 25.7 Å². The van der Waals surface area contributed by atoms with Crippen LogP contribution in [0.25, 0.3) is 11.1 Å². The molecule has 0 bridgehead atoms. The molecule has 1 aliphatic heterocycles. The van der Waals surface area contributed by atoms with Crippen molar-refractivity contribution in [1.82, 2.24) is 20.0 Å². The van der Waals surface area contributed by atoms with Crippen molar-refractivity contribution >= 4 is 23.1 Å². The van der Waals surface area contributed by atoms with Gasteiger partial charge in [-0.2, -0.15) is 10.4 Å². The summed E-state index contributed by atoms with van der Waals surface area (Å²) in [4.78, 5) is 24.3. The number of alkyl halides is 2. The third kappa shape index (κ3) is 5.98. The van der Waals surface area contributed by atoms with Gasteiger partial charge in [-0.15, -0.1) is 0 Å². The number of aryl methyl sites for hydroxylation is 1. The second-order valence-electron chi connectivity index (χ2n) is 9.68. The summed E-state index contributed by atoms with van der Waals surface area (Å²) >= 11 is 0. The van der Waals surface area contributed by atoms with E-state index in [0.717, 1.165) is 28.9 Å². The average molecular weight is 518 g/mol. The zero-order valence-electron chi connectivity index (χ0n) is 20.0. The van der Waals surface area contributed by atoms with Gasteiger partial charge in [0.05, 0.1) is 29.6 Å². The van der Waals surface area contributed by atoms with Gasteiger partial charge in [0, 0.05) is 47.8 Å². The van der Waals surface area contributed by atoms with E-state index < -0.39 is 28.8 Å². The Bertz CT molecular complexity index is 1190. The summed E-state index contributed by atoms with van der Waals surface area (Å²) in [6.07, 6.45) is 7.37. The number of hydrogen-bond acceptors (Lipinski definition) is 5. The highest BCUT2D eigenvalue weighted by Crippen LogP contribution is 2.36. The number of benzene rings is 1. The Hall–Kier alpha value is -3.13. The van der Waals surface area contributed by atoms with Crippen molar-refractivity contribution in [3.8, 4) is 17.2 Å². The SMILES string of the molecule is Cn1cc(-c2cccc(S(=O)C3CCC(C(=O)N4CCC(F)(F)C4)C3)c2)cn1.N#CC1(NC=O)CC1. The maximum absolute atomic E-state index is 13.4. The fourth-order valence-corrected chi connectivity index (χ4v) is 6.23. The van der Waals surface area contributed by atoms with Crippen LogP contribution in [-0.2, 0) is 27.4 Å². The van der Waals surface area contributed by atoms with E-state index in [1.807, 2.05) is 43.6 Å². The number of hydrogen-bond donors (Lipinski definition) is 1. The predicted molar refractivity (Wildman–Crippen MR) is 129 cm³/mol. The number of likely N-dealkylation sites (tertiary alicyclic amines) is 1. The van der Waals surface area contributed by atoms with Crippen LogP contribution in [0.5, 0.6) is 0 Å². The number of nitrogens with one attached hydrogen (secondary N) is 1. The van der Waals surface area contributed by atoms with E-state index in [4.69, 9.17) is 5.26 Å². The minimum atomic E-state index is -2.77. The molecule has 3 unspecified atom stereocenters. The summed E-state index contributed by atoms with van der Waals surface area (Å²) in [6.45, 7) is -0.369. The van der Waals surface area contributed by atoms with Gasteiger partial charge in [0.1, 0.15) is 5.54 Å². The third-order valence-corrected chi connectivity index (χ3v) is 8.67. The topological polar surface area (TPSA) is 108 Å². The van der Waals surface area contributed by atoms with Crippen LogP contribution in [-0.4, -0.2) is 61.0 Å². The van der Waals surface area contributed by atoms with Crippen molar-refractivity contribution in [1.29, 1.82) is 5.26 Å². The van der Waals surface area contributed by atoms with E-state index in [9.17, 15) is 22.6 Å². The number of amides is 2. The van der Waals surface area contributed by atoms with E-state index in [1.165, 1.54) is 4.90 Å². The summed E-state index contributed by atoms with van der Waals surface area (Å²) in [5.41, 5.74) is 1.43. The normalized spacial score (nSPS) is 24.2. The molecule has 1 aromatic heterocycles. The molecule has 2 aliphatic carbocycles. The van der Waals surface area contributed by atoms with Crippen molar-refractivity contribution in [2.45, 2.75) is 60.1 Å². The first-order chi connectivity index (χ1) is 17.1. The summed E-state index contributed by atoms with van der Waals surface area (Å²) in [7, 11) is 0.609. The molecule has 1 saturated heterocycles. The van der Waals surface area contributed by atoms with E-state index in [2.05, 4.69) is 10.4 Å². The molecule has 11 heteroatoms. The summed E-state index contributed by atoms with van der Waals surface area (Å²) in [5.74, 6) is -3.28. The molecule has 5 rings (SSSR count). The number of aromatic nitrogens is 2. The molecule has 8 nitrogen and oxygen atoms in total. The standard InChI is InChI=1S/C20H23F2N3O2S.C5H6N2O/c1-24-12-16(11-23-24)14-3-2-4-17(9-14)28(27)18-6-5-15(10-18)19(26)25-8-7-20(21,22)13-25;6-3-5(1-2-5)7-4-8/h2-4,9,11-12,15,18H,5-8,10,13H2,1H3;4H,1-2H2,(H,7,8). The fraction of sp³-hybridized carbons (Fsp3) is 0.520. The molecular formula is C25H29F2N5O3S. The lowest BCUT2D eigenvalue weighted by Crippen LogP contribution is -2.35. The van der Waals surface area contributed by atoms with Crippen molar-refractivity contribution in [2.75, 3.05) is 13.1 Å². The molecule has 2 aromatic rings. The van der Waals surface area contributed by atoms with Gasteiger partial charge in [0.15, 0.2) is 0 Å². The molecule has 0 spiro atoms. The van der Waals surface area contributed by atoms with Gasteiger partial charge in [-0.3, -0.25) is 18.5 Å². The first-order valence-corrected chi connectivity index (χ1v) is 13.2. The van der Waals surface area contributed by atoms with Gasteiger partial charge >= 0.3 is 0 Å². The van der Waals surface area contributed by atoms with Gasteiger partial charge in [0.2, 0.25) is 12.3 Å². The molecule has 2 amide bonds. The van der Waals surface area contributed by atoms with Crippen LogP contribution in [0.15, 0.2) is 41.6 Å². The molecular weight excluding hydrogens is 488 g/mol. The van der Waals surface area contributed by atoms with Crippen LogP contribution in [0.2, 0.25) is 0 Å². The van der Waals surface area contributed by atoms with E-state index >= 15 is 0 Å². The second kappa shape index (κ2) is 10.5. The van der Waals surface area contributed by atoms with Crippen LogP contribution in [0.1, 0.15) is 38.5 Å². The lowest BCUT2D eigenvalue weighted by atomic mass is 10.1. The van der Waals surface area contributed by atoms with Crippen molar-refractivity contribution in [2.24, 2.45) is 13.0 Å². The average Bonchev–Trinajstić information content (AvgIpc) is 3.20. The Labute approximate surface area is 211 Å². The maximum atomic E-state index is 13.4. The van der Waals surface area contributed by atoms with Crippen LogP contribution in [0, 0.1) is 17.2 Å². The molecule has 192 valence electrons. The van der Waals surface area contributed by atoms with Crippen molar-refractivity contribution in [3.63, 3.8) is 0 Å². The van der Waals surface area contributed by atoms with Crippen LogP contribution in [0.4, 0.5) is 8.78 Å². The maximum Gasteiger partial charge on any atom is 0.267 e. The molecule has 2 saturated carbocycles. The Morgan fingerprint density at radius 1 is 1.28 bits per heavy atom. The summed E-state index contributed by atoms with van der Waals surface area (Å²) in [5, 5.41) is 14.8. The van der Waals surface area contributed by atoms with Gasteiger partial charge in [0.25, 0.3) is 5.92 Å². The Morgan fingerprint density at radius 2 is 2.06 bits per heavy atom. The zero-order valence-corrected chi connectivity index (χ0v) is 20.8. The molecule has 1 N–H and O–H groups in total. The van der Waals surface area contributed by atoms with Crippen LogP contribution < -0.4 is 5.32 Å². The Morgan fingerprint density at radius 3 is 2.61 bits per heavy atom. The van der Waals surface area contributed by atoms with Crippen LogP contribution >= 0.6 is 0 Å². The first-order valence-electron chi connectivity index (χ1n) is 11.9. The number of nitriles is 1. The van der Waals surface area contributed by atoms with Crippen molar-refractivity contribution < 1.29 is 22.6 Å². The van der Waals surface area contributed by atoms with Gasteiger partial charge in [-0.05, 0) is 49.8 Å². The number of rotatable bonds is 6. The molecule has 3 fully saturated rings. The van der Waals surface area contributed by atoms with Gasteiger partial charge < -0.3 is 10.2 Å². The highest BCUT2D eigenvalue weighted by atomic mass is 32.2. The first kappa shape index (κ1) is 25.9. The number of carbonyl (C=O) groups is 2. The minimum Gasteiger partial charge on any atom is -0.340 e. The lowest BCUT2D eigenvalue weighted by molar-refractivity contribution is -0.135. The second-order valence-corrected chi connectivity index (χ2v) is 11.4. The quantitative estimate of drug-likeness (QED) is 0.593. The highest BCUT2D eigenvalue weighted by molar-refractivity contribution is 7.85. The number of carbonyl (C=O) groups excluding carboxylic acids is 2. The largest absolute Gasteiger partial charge is 0.340 e. The predicted octanol–water partition coefficient (Wildman–Crippen LogP) is 3.02. The summed E-state index contributed by atoms with van der Waals surface area (Å²) < 4.78 is 41.6. The van der Waals surface area contributed by atoms with E-state index in [1.54, 1.807) is 10.9 Å². The van der Waals surface area contributed by atoms with Crippen LogP contribution in [0.3, 0.4) is 0 Å². The van der Waals surface area contributed by atoms with Gasteiger partial charge in [-0.25, -0.2) is 8.78 Å². The smallest absolute Gasteiger partial charge is 0.267 e. The molecule has 3 aliphatic rings. The molecule has 0 radical (unpaired) electrons. The highest BCUT2D eigenvalue weighted by Gasteiger charge is 2.44. The molecule has 36 heavy (non-hydrogen) atoms. The number of halogens is 2. The van der Waals surface area contributed by atoms with Gasteiger partial charge in [-0.1, -0.05) is 12.1 Å². The summed E-state index contributed by atoms with van der Waals surface area (Å²) in [6, 6.07) is 9.58. The third-order valence-electron chi connectivity index (χ3n) is 6.92. The van der Waals surface area contributed by atoms with E-state index in [-0.39, 0.29) is 30.0 Å². The van der Waals surface area contributed by atoms with Crippen molar-refractivity contribution in [3.05, 3.63) is 36.7 Å². The monoisotopic (exact) mass is 517 g/mol.